The Bertz CT molecular complexity index is 513. The molecule has 1 saturated heterocycles. The fraction of sp³-hybridized carbons (Fsp3) is 0.529. The third-order valence-corrected chi connectivity index (χ3v) is 4.39. The van der Waals surface area contributed by atoms with E-state index in [-0.39, 0.29) is 37.2 Å². The average Bonchev–Trinajstić information content (AvgIpc) is 2.54. The van der Waals surface area contributed by atoms with Crippen LogP contribution in [0.5, 0.6) is 0 Å². The van der Waals surface area contributed by atoms with Gasteiger partial charge in [-0.15, -0.1) is 0 Å². The zero-order valence-electron chi connectivity index (χ0n) is 12.6. The monoisotopic (exact) mass is 323 g/mol. The third kappa shape index (κ3) is 4.55. The van der Waals surface area contributed by atoms with Gasteiger partial charge in [0.1, 0.15) is 0 Å². The highest BCUT2D eigenvalue weighted by Crippen LogP contribution is 2.21. The van der Waals surface area contributed by atoms with Gasteiger partial charge >= 0.3 is 0 Å². The van der Waals surface area contributed by atoms with Crippen LogP contribution in [0.3, 0.4) is 0 Å². The van der Waals surface area contributed by atoms with Gasteiger partial charge in [-0.05, 0) is 49.9 Å². The van der Waals surface area contributed by atoms with E-state index >= 15 is 0 Å². The van der Waals surface area contributed by atoms with Gasteiger partial charge in [-0.1, -0.05) is 11.6 Å². The van der Waals surface area contributed by atoms with Crippen LogP contribution in [0.2, 0.25) is 5.02 Å². The second-order valence-electron chi connectivity index (χ2n) is 5.68. The lowest BCUT2D eigenvalue weighted by molar-refractivity contribution is -0.135. The van der Waals surface area contributed by atoms with Crippen molar-refractivity contribution >= 4 is 23.3 Å². The molecule has 5 heteroatoms. The Morgan fingerprint density at radius 1 is 1.18 bits per heavy atom. The molecular weight excluding hydrogens is 302 g/mol. The van der Waals surface area contributed by atoms with Gasteiger partial charge in [0.05, 0.1) is 0 Å². The van der Waals surface area contributed by atoms with E-state index in [1.165, 1.54) is 0 Å². The molecule has 0 aromatic heterocycles. The molecule has 22 heavy (non-hydrogen) atoms. The predicted molar refractivity (Wildman–Crippen MR) is 86.1 cm³/mol. The quantitative estimate of drug-likeness (QED) is 0.818. The van der Waals surface area contributed by atoms with E-state index in [1.54, 1.807) is 24.3 Å². The Morgan fingerprint density at radius 3 is 2.59 bits per heavy atom. The Kier molecular flexibility index (Phi) is 6.40. The van der Waals surface area contributed by atoms with Crippen molar-refractivity contribution in [3.63, 3.8) is 0 Å². The summed E-state index contributed by atoms with van der Waals surface area (Å²) in [6.07, 6.45) is 4.09. The molecule has 0 aliphatic carbocycles. The summed E-state index contributed by atoms with van der Waals surface area (Å²) in [5.74, 6) is -0.0267. The van der Waals surface area contributed by atoms with E-state index in [9.17, 15) is 9.59 Å². The average molecular weight is 324 g/mol. The molecular formula is C17H22ClNO3. The lowest BCUT2D eigenvalue weighted by atomic mass is 9.98. The molecule has 0 radical (unpaired) electrons. The van der Waals surface area contributed by atoms with E-state index in [0.717, 1.165) is 25.8 Å². The molecule has 1 aromatic carbocycles. The van der Waals surface area contributed by atoms with Crippen LogP contribution in [-0.4, -0.2) is 40.9 Å². The van der Waals surface area contributed by atoms with Crippen LogP contribution < -0.4 is 0 Å². The summed E-state index contributed by atoms with van der Waals surface area (Å²) in [5, 5.41) is 9.69. The number of nitrogens with zero attached hydrogens (tertiary/aromatic N) is 1. The fourth-order valence-electron chi connectivity index (χ4n) is 2.92. The number of halogens is 1. The molecule has 1 aromatic rings. The van der Waals surface area contributed by atoms with Gasteiger partial charge in [0.15, 0.2) is 5.78 Å². The molecule has 1 amide bonds. The minimum absolute atomic E-state index is 0.0143. The Morgan fingerprint density at radius 2 is 1.91 bits per heavy atom. The van der Waals surface area contributed by atoms with E-state index < -0.39 is 0 Å². The maximum atomic E-state index is 12.3. The predicted octanol–water partition coefficient (Wildman–Crippen LogP) is 3.07. The van der Waals surface area contributed by atoms with E-state index in [1.807, 2.05) is 4.90 Å². The maximum absolute atomic E-state index is 12.3. The number of ketones is 1. The largest absolute Gasteiger partial charge is 0.396 e. The van der Waals surface area contributed by atoms with Gasteiger partial charge in [0, 0.05) is 42.6 Å². The topological polar surface area (TPSA) is 57.6 Å². The van der Waals surface area contributed by atoms with Crippen LogP contribution in [0.15, 0.2) is 24.3 Å². The van der Waals surface area contributed by atoms with Crippen molar-refractivity contribution in [1.29, 1.82) is 0 Å². The van der Waals surface area contributed by atoms with Crippen molar-refractivity contribution in [1.82, 2.24) is 4.90 Å². The van der Waals surface area contributed by atoms with Crippen molar-refractivity contribution < 1.29 is 14.7 Å². The molecule has 4 nitrogen and oxygen atoms in total. The molecule has 1 aliphatic rings. The van der Waals surface area contributed by atoms with Gasteiger partial charge in [0.2, 0.25) is 5.91 Å². The van der Waals surface area contributed by atoms with Crippen LogP contribution in [0.25, 0.3) is 0 Å². The third-order valence-electron chi connectivity index (χ3n) is 4.14. The molecule has 1 N–H and O–H groups in total. The molecule has 1 fully saturated rings. The smallest absolute Gasteiger partial charge is 0.223 e. The SMILES string of the molecule is O=C(CCC(=O)N1CCCCC1CCO)c1ccc(Cl)cc1. The highest BCUT2D eigenvalue weighted by Gasteiger charge is 2.26. The number of benzene rings is 1. The van der Waals surface area contributed by atoms with E-state index in [0.29, 0.717) is 17.0 Å². The molecule has 0 saturated carbocycles. The number of likely N-dealkylation sites (tertiary alicyclic amines) is 1. The normalized spacial score (nSPS) is 18.3. The minimum atomic E-state index is -0.0410. The summed E-state index contributed by atoms with van der Waals surface area (Å²) in [4.78, 5) is 26.3. The lowest BCUT2D eigenvalue weighted by Gasteiger charge is -2.35. The summed E-state index contributed by atoms with van der Waals surface area (Å²) >= 11 is 5.80. The zero-order valence-corrected chi connectivity index (χ0v) is 13.4. The summed E-state index contributed by atoms with van der Waals surface area (Å²) in [6.45, 7) is 0.830. The van der Waals surface area contributed by atoms with E-state index in [2.05, 4.69) is 0 Å². The molecule has 1 unspecified atom stereocenters. The van der Waals surface area contributed by atoms with Crippen molar-refractivity contribution in [2.45, 2.75) is 44.6 Å². The number of carbonyl (C=O) groups excluding carboxylic acids is 2. The molecule has 1 atom stereocenters. The Hall–Kier alpha value is -1.39. The number of piperidine rings is 1. The van der Waals surface area contributed by atoms with Crippen LogP contribution in [0.4, 0.5) is 0 Å². The van der Waals surface area contributed by atoms with Crippen molar-refractivity contribution in [2.24, 2.45) is 0 Å². The number of Topliss-reactive ketones (excluding diaryl/α,β-unsaturated/α-hetero) is 1. The number of rotatable bonds is 6. The molecule has 0 bridgehead atoms. The number of carbonyl (C=O) groups is 2. The van der Waals surface area contributed by atoms with Crippen LogP contribution in [0.1, 0.15) is 48.9 Å². The second kappa shape index (κ2) is 8.30. The summed E-state index contributed by atoms with van der Waals surface area (Å²) in [6, 6.07) is 6.85. The standard InChI is InChI=1S/C17H22ClNO3/c18-14-6-4-13(5-7-14)16(21)8-9-17(22)19-11-2-1-3-15(19)10-12-20/h4-7,15,20H,1-3,8-12H2. The van der Waals surface area contributed by atoms with Crippen LogP contribution >= 0.6 is 11.6 Å². The number of aliphatic hydroxyl groups excluding tert-OH is 1. The first-order valence-electron chi connectivity index (χ1n) is 7.81. The summed E-state index contributed by atoms with van der Waals surface area (Å²) in [7, 11) is 0. The van der Waals surface area contributed by atoms with Gasteiger partial charge in [0.25, 0.3) is 0 Å². The number of hydrogen-bond acceptors (Lipinski definition) is 3. The van der Waals surface area contributed by atoms with Crippen molar-refractivity contribution in [3.05, 3.63) is 34.9 Å². The molecule has 0 spiro atoms. The molecule has 1 heterocycles. The number of amides is 1. The Balaban J connectivity index is 1.88. The second-order valence-corrected chi connectivity index (χ2v) is 6.12. The number of aliphatic hydroxyl groups is 1. The maximum Gasteiger partial charge on any atom is 0.223 e. The summed E-state index contributed by atoms with van der Waals surface area (Å²) < 4.78 is 0. The van der Waals surface area contributed by atoms with Gasteiger partial charge in [-0.25, -0.2) is 0 Å². The summed E-state index contributed by atoms with van der Waals surface area (Å²) in [5.41, 5.74) is 0.586. The Labute approximate surface area is 136 Å². The van der Waals surface area contributed by atoms with Crippen molar-refractivity contribution in [3.8, 4) is 0 Å². The first kappa shape index (κ1) is 17.0. The molecule has 1 aliphatic heterocycles. The molecule has 120 valence electrons. The van der Waals surface area contributed by atoms with Crippen LogP contribution in [0, 0.1) is 0 Å². The highest BCUT2D eigenvalue weighted by molar-refractivity contribution is 6.30. The van der Waals surface area contributed by atoms with Crippen LogP contribution in [-0.2, 0) is 4.79 Å². The van der Waals surface area contributed by atoms with E-state index in [4.69, 9.17) is 16.7 Å². The lowest BCUT2D eigenvalue weighted by Crippen LogP contribution is -2.44. The minimum Gasteiger partial charge on any atom is -0.396 e. The zero-order chi connectivity index (χ0) is 15.9. The van der Waals surface area contributed by atoms with Crippen molar-refractivity contribution in [2.75, 3.05) is 13.2 Å². The van der Waals surface area contributed by atoms with Gasteiger partial charge < -0.3 is 10.0 Å². The van der Waals surface area contributed by atoms with Gasteiger partial charge in [-0.2, -0.15) is 0 Å². The van der Waals surface area contributed by atoms with Gasteiger partial charge in [-0.3, -0.25) is 9.59 Å². The molecule has 2 rings (SSSR count). The first-order valence-corrected chi connectivity index (χ1v) is 8.18. The first-order chi connectivity index (χ1) is 10.6. The fourth-order valence-corrected chi connectivity index (χ4v) is 3.05. The highest BCUT2D eigenvalue weighted by atomic mass is 35.5. The number of hydrogen-bond donors (Lipinski definition) is 1.